The maximum atomic E-state index is 3.79. The average molecular weight is 292 g/mol. The Hall–Kier alpha value is -1.82. The number of hydrogen-bond acceptors (Lipinski definition) is 0. The van der Waals surface area contributed by atoms with Gasteiger partial charge in [0.05, 0.1) is 0 Å². The Bertz CT molecular complexity index is 550. The van der Waals surface area contributed by atoms with Gasteiger partial charge in [-0.1, -0.05) is 74.5 Å². The number of benzene rings is 2. The predicted molar refractivity (Wildman–Crippen MR) is 97.5 cm³/mol. The van der Waals surface area contributed by atoms with Crippen LogP contribution in [0.25, 0.3) is 0 Å². The molecule has 0 heteroatoms. The molecule has 0 aromatic heterocycles. The lowest BCUT2D eigenvalue weighted by atomic mass is 9.84. The van der Waals surface area contributed by atoms with Gasteiger partial charge in [0.15, 0.2) is 0 Å². The van der Waals surface area contributed by atoms with Crippen molar-refractivity contribution in [3.8, 4) is 0 Å². The molecule has 2 aromatic rings. The molecule has 0 radical (unpaired) electrons. The largest absolute Gasteiger partial charge is 0.103 e. The molecule has 0 aliphatic carbocycles. The average Bonchev–Trinajstić information content (AvgIpc) is 2.58. The zero-order chi connectivity index (χ0) is 15.8. The van der Waals surface area contributed by atoms with Gasteiger partial charge in [0.1, 0.15) is 0 Å². The topological polar surface area (TPSA) is 0 Å². The second-order valence-corrected chi connectivity index (χ2v) is 6.22. The molecule has 0 heterocycles. The van der Waals surface area contributed by atoms with Gasteiger partial charge in [0, 0.05) is 0 Å². The molecule has 0 saturated carbocycles. The Morgan fingerprint density at radius 3 is 2.23 bits per heavy atom. The van der Waals surface area contributed by atoms with Crippen molar-refractivity contribution >= 4 is 0 Å². The third-order valence-corrected chi connectivity index (χ3v) is 4.59. The van der Waals surface area contributed by atoms with Gasteiger partial charge in [0.2, 0.25) is 0 Å². The van der Waals surface area contributed by atoms with Gasteiger partial charge >= 0.3 is 0 Å². The van der Waals surface area contributed by atoms with E-state index < -0.39 is 0 Å². The van der Waals surface area contributed by atoms with Crippen molar-refractivity contribution < 1.29 is 0 Å². The highest BCUT2D eigenvalue weighted by atomic mass is 14.2. The molecule has 2 aromatic carbocycles. The Kier molecular flexibility index (Phi) is 6.45. The van der Waals surface area contributed by atoms with Gasteiger partial charge in [-0.2, -0.15) is 0 Å². The zero-order valence-electron chi connectivity index (χ0n) is 14.0. The van der Waals surface area contributed by atoms with Crippen LogP contribution < -0.4 is 0 Å². The number of allylic oxidation sites excluding steroid dienone is 1. The zero-order valence-corrected chi connectivity index (χ0v) is 14.0. The summed E-state index contributed by atoms with van der Waals surface area (Å²) in [5.41, 5.74) is 4.34. The Labute approximate surface area is 135 Å². The standard InChI is InChI=1S/C22H28/c1-4-6-10-19-13-15-21(16-14-19)18(3)17-20(5-2)22-11-8-7-9-12-22/h4,7-9,11-16,18,20H,1,5-6,10,17H2,2-3H3. The Balaban J connectivity index is 2.01. The van der Waals surface area contributed by atoms with Crippen LogP contribution in [0.15, 0.2) is 67.3 Å². The highest BCUT2D eigenvalue weighted by Crippen LogP contribution is 2.31. The van der Waals surface area contributed by atoms with Gasteiger partial charge in [0.25, 0.3) is 0 Å². The highest BCUT2D eigenvalue weighted by Gasteiger charge is 2.14. The summed E-state index contributed by atoms with van der Waals surface area (Å²) in [5.74, 6) is 1.25. The normalized spacial score (nSPS) is 13.5. The summed E-state index contributed by atoms with van der Waals surface area (Å²) in [6.45, 7) is 8.44. The van der Waals surface area contributed by atoms with Gasteiger partial charge in [-0.15, -0.1) is 6.58 Å². The molecular formula is C22H28. The minimum atomic E-state index is 0.596. The SMILES string of the molecule is C=CCCc1ccc(C(C)CC(CC)c2ccccc2)cc1. The lowest BCUT2D eigenvalue weighted by Crippen LogP contribution is -2.03. The van der Waals surface area contributed by atoms with Crippen LogP contribution in [0.3, 0.4) is 0 Å². The van der Waals surface area contributed by atoms with Crippen molar-refractivity contribution in [2.45, 2.75) is 51.4 Å². The summed E-state index contributed by atoms with van der Waals surface area (Å²) in [4.78, 5) is 0. The molecule has 0 amide bonds. The summed E-state index contributed by atoms with van der Waals surface area (Å²) >= 11 is 0. The summed E-state index contributed by atoms with van der Waals surface area (Å²) in [6, 6.07) is 20.1. The molecule has 0 spiro atoms. The van der Waals surface area contributed by atoms with E-state index in [1.54, 1.807) is 0 Å². The molecule has 0 bridgehead atoms. The van der Waals surface area contributed by atoms with E-state index in [-0.39, 0.29) is 0 Å². The quantitative estimate of drug-likeness (QED) is 0.488. The van der Waals surface area contributed by atoms with E-state index in [0.29, 0.717) is 11.8 Å². The molecule has 0 fully saturated rings. The minimum absolute atomic E-state index is 0.596. The predicted octanol–water partition coefficient (Wildman–Crippen LogP) is 6.49. The van der Waals surface area contributed by atoms with Crippen LogP contribution in [0.1, 0.15) is 61.6 Å². The first-order valence-corrected chi connectivity index (χ1v) is 8.49. The van der Waals surface area contributed by atoms with Crippen molar-refractivity contribution in [3.05, 3.63) is 83.9 Å². The van der Waals surface area contributed by atoms with E-state index in [1.807, 2.05) is 6.08 Å². The molecule has 0 aliphatic rings. The fraction of sp³-hybridized carbons (Fsp3) is 0.364. The summed E-state index contributed by atoms with van der Waals surface area (Å²) in [7, 11) is 0. The highest BCUT2D eigenvalue weighted by molar-refractivity contribution is 5.27. The smallest absolute Gasteiger partial charge is 0.0159 e. The van der Waals surface area contributed by atoms with Crippen molar-refractivity contribution in [2.75, 3.05) is 0 Å². The fourth-order valence-electron chi connectivity index (χ4n) is 3.11. The summed E-state index contributed by atoms with van der Waals surface area (Å²) in [6.07, 6.45) is 6.56. The third-order valence-electron chi connectivity index (χ3n) is 4.59. The van der Waals surface area contributed by atoms with Gasteiger partial charge in [-0.05, 0) is 54.2 Å². The fourth-order valence-corrected chi connectivity index (χ4v) is 3.11. The Morgan fingerprint density at radius 1 is 0.955 bits per heavy atom. The van der Waals surface area contributed by atoms with Gasteiger partial charge in [-0.25, -0.2) is 0 Å². The second-order valence-electron chi connectivity index (χ2n) is 6.22. The van der Waals surface area contributed by atoms with E-state index in [0.717, 1.165) is 12.8 Å². The molecule has 0 aliphatic heterocycles. The molecule has 116 valence electrons. The third kappa shape index (κ3) is 4.59. The number of hydrogen-bond donors (Lipinski definition) is 0. The Morgan fingerprint density at radius 2 is 1.64 bits per heavy atom. The molecule has 0 nitrogen and oxygen atoms in total. The summed E-state index contributed by atoms with van der Waals surface area (Å²) < 4.78 is 0. The van der Waals surface area contributed by atoms with Crippen LogP contribution in [-0.4, -0.2) is 0 Å². The lowest BCUT2D eigenvalue weighted by Gasteiger charge is -2.21. The molecule has 2 unspecified atom stereocenters. The van der Waals surface area contributed by atoms with Crippen LogP contribution in [0.4, 0.5) is 0 Å². The van der Waals surface area contributed by atoms with Crippen LogP contribution in [0.2, 0.25) is 0 Å². The van der Waals surface area contributed by atoms with E-state index in [1.165, 1.54) is 29.5 Å². The van der Waals surface area contributed by atoms with Crippen molar-refractivity contribution in [3.63, 3.8) is 0 Å². The molecule has 2 atom stereocenters. The van der Waals surface area contributed by atoms with Gasteiger partial charge < -0.3 is 0 Å². The first kappa shape index (κ1) is 16.5. The number of aryl methyl sites for hydroxylation is 1. The van der Waals surface area contributed by atoms with E-state index in [4.69, 9.17) is 0 Å². The second kappa shape index (κ2) is 8.58. The first-order valence-electron chi connectivity index (χ1n) is 8.49. The van der Waals surface area contributed by atoms with Crippen LogP contribution in [0, 0.1) is 0 Å². The van der Waals surface area contributed by atoms with Crippen molar-refractivity contribution in [1.82, 2.24) is 0 Å². The van der Waals surface area contributed by atoms with Crippen LogP contribution >= 0.6 is 0 Å². The van der Waals surface area contributed by atoms with E-state index in [9.17, 15) is 0 Å². The maximum Gasteiger partial charge on any atom is -0.0159 e. The van der Waals surface area contributed by atoms with Gasteiger partial charge in [-0.3, -0.25) is 0 Å². The lowest BCUT2D eigenvalue weighted by molar-refractivity contribution is 0.544. The monoisotopic (exact) mass is 292 g/mol. The van der Waals surface area contributed by atoms with Crippen LogP contribution in [0.5, 0.6) is 0 Å². The van der Waals surface area contributed by atoms with E-state index in [2.05, 4.69) is 75.0 Å². The minimum Gasteiger partial charge on any atom is -0.103 e. The molecule has 2 rings (SSSR count). The molecule has 0 saturated heterocycles. The molecule has 22 heavy (non-hydrogen) atoms. The first-order chi connectivity index (χ1) is 10.7. The van der Waals surface area contributed by atoms with E-state index >= 15 is 0 Å². The summed E-state index contributed by atoms with van der Waals surface area (Å²) in [5, 5.41) is 0. The maximum absolute atomic E-state index is 3.79. The number of rotatable bonds is 8. The molecular weight excluding hydrogens is 264 g/mol. The van der Waals surface area contributed by atoms with Crippen LogP contribution in [-0.2, 0) is 6.42 Å². The van der Waals surface area contributed by atoms with Crippen molar-refractivity contribution in [2.24, 2.45) is 0 Å². The van der Waals surface area contributed by atoms with Crippen molar-refractivity contribution in [1.29, 1.82) is 0 Å². The molecule has 0 N–H and O–H groups in total.